The van der Waals surface area contributed by atoms with Crippen molar-refractivity contribution in [2.45, 2.75) is 11.3 Å². The van der Waals surface area contributed by atoms with Gasteiger partial charge in [-0.1, -0.05) is 24.3 Å². The van der Waals surface area contributed by atoms with Gasteiger partial charge in [0.2, 0.25) is 10.0 Å². The molecule has 0 saturated heterocycles. The fourth-order valence-corrected chi connectivity index (χ4v) is 3.61. The summed E-state index contributed by atoms with van der Waals surface area (Å²) in [5.41, 5.74) is 5.74. The lowest BCUT2D eigenvalue weighted by molar-refractivity contribution is 0.582. The van der Waals surface area contributed by atoms with Crippen LogP contribution in [0.15, 0.2) is 57.7 Å². The quantitative estimate of drug-likeness (QED) is 0.377. The van der Waals surface area contributed by atoms with Crippen LogP contribution in [0, 0.1) is 0 Å². The molecule has 0 aliphatic carbocycles. The number of thiophene rings is 1. The van der Waals surface area contributed by atoms with E-state index in [0.717, 1.165) is 6.42 Å². The van der Waals surface area contributed by atoms with Crippen molar-refractivity contribution in [1.82, 2.24) is 10.0 Å². The molecule has 6 nitrogen and oxygen atoms in total. The summed E-state index contributed by atoms with van der Waals surface area (Å²) >= 11 is 1.70. The molecule has 8 heteroatoms. The van der Waals surface area contributed by atoms with Gasteiger partial charge in [0.25, 0.3) is 0 Å². The second kappa shape index (κ2) is 8.66. The fourth-order valence-electron chi connectivity index (χ4n) is 1.86. The van der Waals surface area contributed by atoms with Gasteiger partial charge in [0.1, 0.15) is 0 Å². The van der Waals surface area contributed by atoms with Gasteiger partial charge in [0.15, 0.2) is 5.96 Å². The van der Waals surface area contributed by atoms with E-state index in [1.807, 2.05) is 11.4 Å². The monoisotopic (exact) mass is 352 g/mol. The third kappa shape index (κ3) is 6.01. The van der Waals surface area contributed by atoms with Gasteiger partial charge < -0.3 is 11.1 Å². The lowest BCUT2D eigenvalue weighted by atomic mass is 10.3. The highest BCUT2D eigenvalue weighted by Crippen LogP contribution is 2.08. The first-order chi connectivity index (χ1) is 11.1. The van der Waals surface area contributed by atoms with Gasteiger partial charge in [-0.15, -0.1) is 11.3 Å². The largest absolute Gasteiger partial charge is 0.370 e. The Hall–Kier alpha value is -1.90. The van der Waals surface area contributed by atoms with Gasteiger partial charge in [0, 0.05) is 18.0 Å². The van der Waals surface area contributed by atoms with Gasteiger partial charge in [0.05, 0.1) is 11.4 Å². The van der Waals surface area contributed by atoms with Crippen molar-refractivity contribution >= 4 is 27.3 Å². The minimum absolute atomic E-state index is 0.199. The Kier molecular flexibility index (Phi) is 6.57. The highest BCUT2D eigenvalue weighted by molar-refractivity contribution is 7.89. The smallest absolute Gasteiger partial charge is 0.240 e. The minimum Gasteiger partial charge on any atom is -0.370 e. The molecule has 0 saturated carbocycles. The van der Waals surface area contributed by atoms with Crippen LogP contribution in [0.4, 0.5) is 0 Å². The Morgan fingerprint density at radius 1 is 1.13 bits per heavy atom. The summed E-state index contributed by atoms with van der Waals surface area (Å²) < 4.78 is 26.4. The molecule has 1 heterocycles. The number of rotatable bonds is 8. The van der Waals surface area contributed by atoms with Crippen LogP contribution >= 0.6 is 11.3 Å². The van der Waals surface area contributed by atoms with Crippen LogP contribution in [0.2, 0.25) is 0 Å². The van der Waals surface area contributed by atoms with E-state index < -0.39 is 10.0 Å². The van der Waals surface area contributed by atoms with Crippen LogP contribution in [0.3, 0.4) is 0 Å². The number of nitrogens with zero attached hydrogens (tertiary/aromatic N) is 1. The first-order valence-corrected chi connectivity index (χ1v) is 9.55. The number of sulfonamides is 1. The van der Waals surface area contributed by atoms with E-state index in [-0.39, 0.29) is 18.0 Å². The highest BCUT2D eigenvalue weighted by Gasteiger charge is 2.11. The van der Waals surface area contributed by atoms with Gasteiger partial charge in [-0.2, -0.15) is 0 Å². The van der Waals surface area contributed by atoms with Gasteiger partial charge in [-0.25, -0.2) is 13.1 Å². The normalized spacial score (nSPS) is 12.3. The molecule has 1 aromatic heterocycles. The van der Waals surface area contributed by atoms with Crippen molar-refractivity contribution in [3.63, 3.8) is 0 Å². The number of benzene rings is 1. The van der Waals surface area contributed by atoms with E-state index in [0.29, 0.717) is 12.5 Å². The average Bonchev–Trinajstić information content (AvgIpc) is 3.06. The van der Waals surface area contributed by atoms with Crippen LogP contribution < -0.4 is 15.8 Å². The molecular formula is C15H20N4O2S2. The maximum Gasteiger partial charge on any atom is 0.240 e. The van der Waals surface area contributed by atoms with Crippen LogP contribution in [-0.2, 0) is 16.4 Å². The zero-order valence-corrected chi connectivity index (χ0v) is 14.2. The van der Waals surface area contributed by atoms with E-state index in [2.05, 4.69) is 21.1 Å². The van der Waals surface area contributed by atoms with E-state index in [4.69, 9.17) is 5.73 Å². The molecule has 2 rings (SSSR count). The summed E-state index contributed by atoms with van der Waals surface area (Å²) in [5.74, 6) is 0.320. The Bertz CT molecular complexity index is 713. The fraction of sp³-hybridized carbons (Fsp3) is 0.267. The van der Waals surface area contributed by atoms with E-state index in [9.17, 15) is 8.42 Å². The molecule has 2 aromatic rings. The lowest BCUT2D eigenvalue weighted by Gasteiger charge is -2.06. The lowest BCUT2D eigenvalue weighted by Crippen LogP contribution is -2.34. The summed E-state index contributed by atoms with van der Waals surface area (Å²) in [6.45, 7) is 1.18. The minimum atomic E-state index is -3.48. The third-order valence-corrected chi connectivity index (χ3v) is 5.41. The molecular weight excluding hydrogens is 332 g/mol. The maximum absolute atomic E-state index is 12.0. The first-order valence-electron chi connectivity index (χ1n) is 7.19. The molecule has 124 valence electrons. The molecule has 0 atom stereocenters. The summed E-state index contributed by atoms with van der Waals surface area (Å²) in [6, 6.07) is 12.3. The molecule has 4 N–H and O–H groups in total. The molecule has 0 aliphatic heterocycles. The molecule has 23 heavy (non-hydrogen) atoms. The summed E-state index contributed by atoms with van der Waals surface area (Å²) in [5, 5.41) is 5.04. The van der Waals surface area contributed by atoms with Gasteiger partial charge >= 0.3 is 0 Å². The van der Waals surface area contributed by atoms with E-state index in [1.165, 1.54) is 4.88 Å². The topological polar surface area (TPSA) is 96.6 Å². The Morgan fingerprint density at radius 2 is 1.91 bits per heavy atom. The third-order valence-electron chi connectivity index (χ3n) is 3.00. The van der Waals surface area contributed by atoms with Crippen LogP contribution in [0.5, 0.6) is 0 Å². The summed E-state index contributed by atoms with van der Waals surface area (Å²) in [4.78, 5) is 5.62. The Labute approximate surface area is 140 Å². The number of aliphatic imine (C=N–C) groups is 1. The molecule has 0 unspecified atom stereocenters. The molecule has 0 spiro atoms. The molecule has 0 radical (unpaired) electrons. The standard InChI is InChI=1S/C15H20N4O2S2/c16-15(17-9-8-13-5-4-12-22-13)18-10-11-19-23(20,21)14-6-2-1-3-7-14/h1-7,12,19H,8-11H2,(H3,16,17,18). The zero-order valence-electron chi connectivity index (χ0n) is 12.6. The van der Waals surface area contributed by atoms with Crippen molar-refractivity contribution in [2.24, 2.45) is 10.7 Å². The van der Waals surface area contributed by atoms with Crippen molar-refractivity contribution in [3.05, 3.63) is 52.7 Å². The Morgan fingerprint density at radius 3 is 2.61 bits per heavy atom. The molecule has 0 bridgehead atoms. The Balaban J connectivity index is 1.69. The molecule has 0 amide bonds. The van der Waals surface area contributed by atoms with Crippen molar-refractivity contribution in [3.8, 4) is 0 Å². The molecule has 1 aromatic carbocycles. The van der Waals surface area contributed by atoms with E-state index in [1.54, 1.807) is 41.7 Å². The molecule has 0 aliphatic rings. The van der Waals surface area contributed by atoms with Crippen molar-refractivity contribution in [1.29, 1.82) is 0 Å². The van der Waals surface area contributed by atoms with Crippen LogP contribution in [-0.4, -0.2) is 34.0 Å². The van der Waals surface area contributed by atoms with Crippen molar-refractivity contribution in [2.75, 3.05) is 19.6 Å². The second-order valence-electron chi connectivity index (χ2n) is 4.73. The SMILES string of the molecule is NC(=NCCNS(=O)(=O)c1ccccc1)NCCc1cccs1. The number of nitrogens with one attached hydrogen (secondary N) is 2. The van der Waals surface area contributed by atoms with Crippen molar-refractivity contribution < 1.29 is 8.42 Å². The van der Waals surface area contributed by atoms with Gasteiger partial charge in [-0.05, 0) is 30.0 Å². The van der Waals surface area contributed by atoms with Gasteiger partial charge in [-0.3, -0.25) is 4.99 Å². The van der Waals surface area contributed by atoms with Crippen LogP contribution in [0.1, 0.15) is 4.88 Å². The van der Waals surface area contributed by atoms with E-state index >= 15 is 0 Å². The predicted molar refractivity (Wildman–Crippen MR) is 94.1 cm³/mol. The molecule has 0 fully saturated rings. The number of hydrogen-bond acceptors (Lipinski definition) is 4. The first kappa shape index (κ1) is 17.5. The maximum atomic E-state index is 12.0. The second-order valence-corrected chi connectivity index (χ2v) is 7.53. The number of hydrogen-bond donors (Lipinski definition) is 3. The number of guanidine groups is 1. The number of nitrogens with two attached hydrogens (primary N) is 1. The zero-order chi connectivity index (χ0) is 16.5. The summed E-state index contributed by atoms with van der Waals surface area (Å²) in [6.07, 6.45) is 0.883. The van der Waals surface area contributed by atoms with Crippen LogP contribution in [0.25, 0.3) is 0 Å². The summed E-state index contributed by atoms with van der Waals surface area (Å²) in [7, 11) is -3.48. The predicted octanol–water partition coefficient (Wildman–Crippen LogP) is 1.17. The highest BCUT2D eigenvalue weighted by atomic mass is 32.2. The average molecular weight is 352 g/mol.